The second-order valence-electron chi connectivity index (χ2n) is 4.93. The number of ether oxygens (including phenoxy) is 1. The van der Waals surface area contributed by atoms with Gasteiger partial charge in [0.15, 0.2) is 0 Å². The zero-order valence-corrected chi connectivity index (χ0v) is 12.8. The fourth-order valence-corrected chi connectivity index (χ4v) is 2.36. The van der Waals surface area contributed by atoms with Gasteiger partial charge in [-0.1, -0.05) is 13.8 Å². The van der Waals surface area contributed by atoms with Crippen molar-refractivity contribution in [1.29, 1.82) is 0 Å². The predicted molar refractivity (Wildman–Crippen MR) is 79.6 cm³/mol. The van der Waals surface area contributed by atoms with Crippen LogP contribution < -0.4 is 10.1 Å². The highest BCUT2D eigenvalue weighted by Crippen LogP contribution is 2.21. The van der Waals surface area contributed by atoms with Crippen molar-refractivity contribution in [3.05, 3.63) is 45.7 Å². The largest absolute Gasteiger partial charge is 0.487 e. The quantitative estimate of drug-likeness (QED) is 0.882. The molecule has 1 N–H and O–H groups in total. The molecular formula is C15H19FN2OS. The maximum atomic E-state index is 13.3. The van der Waals surface area contributed by atoms with Gasteiger partial charge in [-0.15, -0.1) is 11.3 Å². The molecule has 0 saturated carbocycles. The smallest absolute Gasteiger partial charge is 0.131 e. The first kappa shape index (κ1) is 14.9. The Morgan fingerprint density at radius 3 is 2.85 bits per heavy atom. The third-order valence-electron chi connectivity index (χ3n) is 2.77. The summed E-state index contributed by atoms with van der Waals surface area (Å²) in [5.74, 6) is 0.451. The molecular weight excluding hydrogens is 275 g/mol. The van der Waals surface area contributed by atoms with Gasteiger partial charge < -0.3 is 10.1 Å². The van der Waals surface area contributed by atoms with Crippen LogP contribution in [0, 0.1) is 12.7 Å². The molecule has 0 aliphatic rings. The van der Waals surface area contributed by atoms with E-state index >= 15 is 0 Å². The molecule has 3 nitrogen and oxygen atoms in total. The van der Waals surface area contributed by atoms with E-state index in [-0.39, 0.29) is 5.82 Å². The maximum Gasteiger partial charge on any atom is 0.131 e. The van der Waals surface area contributed by atoms with Crippen molar-refractivity contribution in [3.8, 4) is 5.75 Å². The van der Waals surface area contributed by atoms with E-state index in [4.69, 9.17) is 4.74 Å². The average molecular weight is 294 g/mol. The molecule has 108 valence electrons. The average Bonchev–Trinajstić information content (AvgIpc) is 2.81. The number of rotatable bonds is 6. The minimum Gasteiger partial charge on any atom is -0.487 e. The van der Waals surface area contributed by atoms with Crippen LogP contribution in [-0.2, 0) is 13.2 Å². The Bertz CT molecular complexity index is 569. The van der Waals surface area contributed by atoms with Crippen LogP contribution in [-0.4, -0.2) is 11.0 Å². The van der Waals surface area contributed by atoms with Crippen LogP contribution in [0.3, 0.4) is 0 Å². The Morgan fingerprint density at radius 1 is 1.40 bits per heavy atom. The summed E-state index contributed by atoms with van der Waals surface area (Å²) < 4.78 is 19.1. The molecule has 5 heteroatoms. The number of aromatic nitrogens is 1. The van der Waals surface area contributed by atoms with Gasteiger partial charge in [0, 0.05) is 23.5 Å². The van der Waals surface area contributed by atoms with Crippen LogP contribution in [0.5, 0.6) is 5.75 Å². The highest BCUT2D eigenvalue weighted by molar-refractivity contribution is 7.09. The fraction of sp³-hybridized carbons (Fsp3) is 0.400. The summed E-state index contributed by atoms with van der Waals surface area (Å²) in [4.78, 5) is 4.35. The van der Waals surface area contributed by atoms with Crippen molar-refractivity contribution in [2.24, 2.45) is 0 Å². The number of nitrogens with zero attached hydrogens (tertiary/aromatic N) is 1. The molecule has 2 rings (SSSR count). The normalized spacial score (nSPS) is 11.1. The summed E-state index contributed by atoms with van der Waals surface area (Å²) >= 11 is 1.60. The SMILES string of the molecule is Cc1nc(COc2ccc(F)cc2CNC(C)C)cs1. The summed E-state index contributed by atoms with van der Waals surface area (Å²) in [6.45, 7) is 7.06. The molecule has 0 spiro atoms. The summed E-state index contributed by atoms with van der Waals surface area (Å²) in [5.41, 5.74) is 1.73. The van der Waals surface area contributed by atoms with E-state index in [0.29, 0.717) is 24.9 Å². The first-order valence-electron chi connectivity index (χ1n) is 6.60. The third kappa shape index (κ3) is 4.28. The first-order chi connectivity index (χ1) is 9.54. The maximum absolute atomic E-state index is 13.3. The topological polar surface area (TPSA) is 34.1 Å². The Labute approximate surface area is 122 Å². The zero-order valence-electron chi connectivity index (χ0n) is 11.9. The van der Waals surface area contributed by atoms with Crippen LogP contribution in [0.4, 0.5) is 4.39 Å². The monoisotopic (exact) mass is 294 g/mol. The molecule has 0 fully saturated rings. The third-order valence-corrected chi connectivity index (χ3v) is 3.59. The lowest BCUT2D eigenvalue weighted by Crippen LogP contribution is -2.22. The van der Waals surface area contributed by atoms with Gasteiger partial charge >= 0.3 is 0 Å². The Hall–Kier alpha value is -1.46. The number of benzene rings is 1. The van der Waals surface area contributed by atoms with Gasteiger partial charge in [0.25, 0.3) is 0 Å². The second-order valence-corrected chi connectivity index (χ2v) is 6.00. The minimum absolute atomic E-state index is 0.248. The summed E-state index contributed by atoms with van der Waals surface area (Å²) in [5, 5.41) is 6.27. The van der Waals surface area contributed by atoms with E-state index in [1.165, 1.54) is 12.1 Å². The Morgan fingerprint density at radius 2 is 2.20 bits per heavy atom. The van der Waals surface area contributed by atoms with Crippen LogP contribution >= 0.6 is 11.3 Å². The zero-order chi connectivity index (χ0) is 14.5. The lowest BCUT2D eigenvalue weighted by atomic mass is 10.2. The molecule has 0 atom stereocenters. The van der Waals surface area contributed by atoms with E-state index in [1.54, 1.807) is 17.4 Å². The highest BCUT2D eigenvalue weighted by atomic mass is 32.1. The van der Waals surface area contributed by atoms with Gasteiger partial charge in [-0.05, 0) is 25.1 Å². The lowest BCUT2D eigenvalue weighted by Gasteiger charge is -2.13. The Balaban J connectivity index is 2.05. The molecule has 20 heavy (non-hydrogen) atoms. The van der Waals surface area contributed by atoms with Crippen molar-refractivity contribution < 1.29 is 9.13 Å². The van der Waals surface area contributed by atoms with E-state index in [0.717, 1.165) is 16.3 Å². The number of aryl methyl sites for hydroxylation is 1. The van der Waals surface area contributed by atoms with Crippen molar-refractivity contribution in [3.63, 3.8) is 0 Å². The summed E-state index contributed by atoms with van der Waals surface area (Å²) in [7, 11) is 0. The van der Waals surface area contributed by atoms with Crippen LogP contribution in [0.1, 0.15) is 30.1 Å². The van der Waals surface area contributed by atoms with Crippen LogP contribution in [0.25, 0.3) is 0 Å². The molecule has 1 aromatic carbocycles. The Kier molecular flexibility index (Phi) is 5.09. The number of halogens is 1. The van der Waals surface area contributed by atoms with Gasteiger partial charge in [-0.3, -0.25) is 0 Å². The minimum atomic E-state index is -0.248. The molecule has 0 amide bonds. The van der Waals surface area contributed by atoms with Crippen LogP contribution in [0.2, 0.25) is 0 Å². The van der Waals surface area contributed by atoms with E-state index < -0.39 is 0 Å². The summed E-state index contributed by atoms with van der Waals surface area (Å²) in [6.07, 6.45) is 0. The van der Waals surface area contributed by atoms with Crippen molar-refractivity contribution in [1.82, 2.24) is 10.3 Å². The number of hydrogen-bond acceptors (Lipinski definition) is 4. The number of thiazole rings is 1. The standard InChI is InChI=1S/C15H19FN2OS/c1-10(2)17-7-12-6-13(16)4-5-15(12)19-8-14-9-20-11(3)18-14/h4-6,9-10,17H,7-8H2,1-3H3. The molecule has 0 radical (unpaired) electrons. The molecule has 1 aromatic heterocycles. The predicted octanol–water partition coefficient (Wildman–Crippen LogP) is 3.67. The van der Waals surface area contributed by atoms with Crippen molar-refractivity contribution >= 4 is 11.3 Å². The lowest BCUT2D eigenvalue weighted by molar-refractivity contribution is 0.297. The molecule has 0 unspecified atom stereocenters. The molecule has 0 aliphatic carbocycles. The van der Waals surface area contributed by atoms with Gasteiger partial charge in [0.05, 0.1) is 10.7 Å². The van der Waals surface area contributed by atoms with Crippen molar-refractivity contribution in [2.45, 2.75) is 40.0 Å². The van der Waals surface area contributed by atoms with Gasteiger partial charge in [0.1, 0.15) is 18.2 Å². The second kappa shape index (κ2) is 6.81. The van der Waals surface area contributed by atoms with Gasteiger partial charge in [-0.2, -0.15) is 0 Å². The molecule has 0 bridgehead atoms. The van der Waals surface area contributed by atoms with Crippen LogP contribution in [0.15, 0.2) is 23.6 Å². The van der Waals surface area contributed by atoms with E-state index in [9.17, 15) is 4.39 Å². The number of hydrogen-bond donors (Lipinski definition) is 1. The van der Waals surface area contributed by atoms with Gasteiger partial charge in [0.2, 0.25) is 0 Å². The highest BCUT2D eigenvalue weighted by Gasteiger charge is 2.07. The van der Waals surface area contributed by atoms with E-state index in [2.05, 4.69) is 24.1 Å². The first-order valence-corrected chi connectivity index (χ1v) is 7.48. The van der Waals surface area contributed by atoms with E-state index in [1.807, 2.05) is 12.3 Å². The molecule has 0 saturated heterocycles. The molecule has 2 aromatic rings. The summed E-state index contributed by atoms with van der Waals surface area (Å²) in [6, 6.07) is 4.94. The number of nitrogens with one attached hydrogen (secondary N) is 1. The molecule has 0 aliphatic heterocycles. The van der Waals surface area contributed by atoms with Gasteiger partial charge in [-0.25, -0.2) is 9.37 Å². The fourth-order valence-electron chi connectivity index (χ4n) is 1.77. The van der Waals surface area contributed by atoms with Crippen molar-refractivity contribution in [2.75, 3.05) is 0 Å². The molecule has 1 heterocycles.